The van der Waals surface area contributed by atoms with Crippen molar-refractivity contribution in [2.45, 2.75) is 0 Å². The zero-order chi connectivity index (χ0) is 34.2. The van der Waals surface area contributed by atoms with E-state index in [-0.39, 0.29) is 0 Å². The van der Waals surface area contributed by atoms with Crippen LogP contribution in [0, 0.1) is 0 Å². The molecule has 11 aromatic rings. The third-order valence-corrected chi connectivity index (χ3v) is 11.6. The Morgan fingerprint density at radius 3 is 2.02 bits per heavy atom. The summed E-state index contributed by atoms with van der Waals surface area (Å²) in [5.41, 5.74) is 10.7. The highest BCUT2D eigenvalue weighted by molar-refractivity contribution is 7.26. The third kappa shape index (κ3) is 4.31. The Balaban J connectivity index is 1.23. The van der Waals surface area contributed by atoms with Crippen molar-refractivity contribution in [3.05, 3.63) is 182 Å². The molecule has 0 bridgehead atoms. The van der Waals surface area contributed by atoms with Gasteiger partial charge in [0.1, 0.15) is 5.58 Å². The molecule has 0 aliphatic rings. The molecular formula is C48H30N2OS. The SMILES string of the molecule is c1ccc(-n2c3ccccc3c3ccc(N(c4ccccc4-c4cccc5c4sc4ccccc45)c4cccc5c4oc4ccccc45)cc32)cc1. The maximum absolute atomic E-state index is 6.75. The number of rotatable bonds is 5. The van der Waals surface area contributed by atoms with Gasteiger partial charge < -0.3 is 13.9 Å². The van der Waals surface area contributed by atoms with Crippen LogP contribution in [0.1, 0.15) is 0 Å². The lowest BCUT2D eigenvalue weighted by molar-refractivity contribution is 0.669. The lowest BCUT2D eigenvalue weighted by Gasteiger charge is -2.28. The van der Waals surface area contributed by atoms with E-state index in [1.807, 2.05) is 17.4 Å². The van der Waals surface area contributed by atoms with Crippen LogP contribution < -0.4 is 4.90 Å². The first-order chi connectivity index (χ1) is 25.8. The van der Waals surface area contributed by atoms with Gasteiger partial charge in [-0.15, -0.1) is 11.3 Å². The number of anilines is 3. The minimum Gasteiger partial charge on any atom is -0.454 e. The molecule has 0 saturated heterocycles. The van der Waals surface area contributed by atoms with Crippen molar-refractivity contribution in [3.63, 3.8) is 0 Å². The van der Waals surface area contributed by atoms with Crippen molar-refractivity contribution in [3.8, 4) is 16.8 Å². The predicted molar refractivity (Wildman–Crippen MR) is 221 cm³/mol. The molecular weight excluding hydrogens is 653 g/mol. The van der Waals surface area contributed by atoms with E-state index in [4.69, 9.17) is 4.42 Å². The fourth-order valence-corrected chi connectivity index (χ4v) is 9.36. The summed E-state index contributed by atoms with van der Waals surface area (Å²) in [4.78, 5) is 2.40. The van der Waals surface area contributed by atoms with Gasteiger partial charge in [-0.3, -0.25) is 0 Å². The molecule has 0 radical (unpaired) electrons. The van der Waals surface area contributed by atoms with Gasteiger partial charge in [-0.05, 0) is 54.6 Å². The summed E-state index contributed by atoms with van der Waals surface area (Å²) in [5.74, 6) is 0. The molecule has 52 heavy (non-hydrogen) atoms. The van der Waals surface area contributed by atoms with E-state index >= 15 is 0 Å². The van der Waals surface area contributed by atoms with E-state index in [0.29, 0.717) is 0 Å². The van der Waals surface area contributed by atoms with Crippen molar-refractivity contribution in [1.82, 2.24) is 4.57 Å². The van der Waals surface area contributed by atoms with Crippen molar-refractivity contribution in [1.29, 1.82) is 0 Å². The van der Waals surface area contributed by atoms with Crippen LogP contribution in [-0.2, 0) is 0 Å². The summed E-state index contributed by atoms with van der Waals surface area (Å²) in [6.07, 6.45) is 0. The van der Waals surface area contributed by atoms with Gasteiger partial charge in [0.15, 0.2) is 5.58 Å². The number of fused-ring (bicyclic) bond motifs is 9. The second kappa shape index (κ2) is 11.5. The standard InChI is InChI=1S/C48H30N2OS/c1-2-14-31(15-3-1)49-41-23-8-4-16-33(41)35-29-28-32(30-44(35)49)50(43-25-13-20-38-36-18-6-10-26-45(36)51-47(38)43)42-24-9-5-17-34(42)39-21-12-22-40-37-19-7-11-27-46(37)52-48(39)40/h1-30H. The first-order valence-electron chi connectivity index (χ1n) is 17.6. The molecule has 0 fully saturated rings. The van der Waals surface area contributed by atoms with E-state index < -0.39 is 0 Å². The molecule has 4 heteroatoms. The highest BCUT2D eigenvalue weighted by Crippen LogP contribution is 2.49. The molecule has 0 aliphatic heterocycles. The number of furan rings is 1. The van der Waals surface area contributed by atoms with Gasteiger partial charge >= 0.3 is 0 Å². The molecule has 3 nitrogen and oxygen atoms in total. The summed E-state index contributed by atoms with van der Waals surface area (Å²) in [6, 6.07) is 65.4. The highest BCUT2D eigenvalue weighted by Gasteiger charge is 2.24. The Bertz CT molecular complexity index is 3150. The normalized spacial score (nSPS) is 11.8. The van der Waals surface area contributed by atoms with Crippen LogP contribution in [0.25, 0.3) is 80.7 Å². The van der Waals surface area contributed by atoms with Crippen LogP contribution >= 0.6 is 11.3 Å². The molecule has 0 N–H and O–H groups in total. The number of benzene rings is 8. The van der Waals surface area contributed by atoms with Crippen molar-refractivity contribution in [2.75, 3.05) is 4.90 Å². The second-order valence-corrected chi connectivity index (χ2v) is 14.3. The van der Waals surface area contributed by atoms with Gasteiger partial charge in [-0.2, -0.15) is 0 Å². The van der Waals surface area contributed by atoms with Crippen LogP contribution in [0.3, 0.4) is 0 Å². The van der Waals surface area contributed by atoms with Gasteiger partial charge in [-0.25, -0.2) is 0 Å². The van der Waals surface area contributed by atoms with E-state index in [9.17, 15) is 0 Å². The average Bonchev–Trinajstić information content (AvgIpc) is 3.88. The van der Waals surface area contributed by atoms with E-state index in [1.165, 1.54) is 42.0 Å². The molecule has 3 aromatic heterocycles. The van der Waals surface area contributed by atoms with Crippen LogP contribution in [0.4, 0.5) is 17.1 Å². The fourth-order valence-electron chi connectivity index (χ4n) is 8.13. The van der Waals surface area contributed by atoms with Gasteiger partial charge in [-0.1, -0.05) is 127 Å². The maximum Gasteiger partial charge on any atom is 0.159 e. The lowest BCUT2D eigenvalue weighted by Crippen LogP contribution is -2.11. The zero-order valence-corrected chi connectivity index (χ0v) is 28.8. The Kier molecular flexibility index (Phi) is 6.42. The molecule has 0 atom stereocenters. The van der Waals surface area contributed by atoms with Crippen LogP contribution in [0.2, 0.25) is 0 Å². The van der Waals surface area contributed by atoms with Crippen LogP contribution in [-0.4, -0.2) is 4.57 Å². The summed E-state index contributed by atoms with van der Waals surface area (Å²) < 4.78 is 11.7. The van der Waals surface area contributed by atoms with Crippen molar-refractivity contribution in [2.24, 2.45) is 0 Å². The topological polar surface area (TPSA) is 21.3 Å². The lowest BCUT2D eigenvalue weighted by atomic mass is 9.99. The first-order valence-corrected chi connectivity index (χ1v) is 18.4. The fraction of sp³-hybridized carbons (Fsp3) is 0. The number of aromatic nitrogens is 1. The van der Waals surface area contributed by atoms with Gasteiger partial charge in [0.05, 0.1) is 22.4 Å². The van der Waals surface area contributed by atoms with E-state index in [1.54, 1.807) is 0 Å². The molecule has 3 heterocycles. The number of para-hydroxylation sites is 5. The summed E-state index contributed by atoms with van der Waals surface area (Å²) in [7, 11) is 0. The number of hydrogen-bond acceptors (Lipinski definition) is 3. The summed E-state index contributed by atoms with van der Waals surface area (Å²) in [5, 5.41) is 7.24. The van der Waals surface area contributed by atoms with Gasteiger partial charge in [0.25, 0.3) is 0 Å². The minimum atomic E-state index is 0.863. The van der Waals surface area contributed by atoms with Crippen LogP contribution in [0.5, 0.6) is 0 Å². The molecule has 11 rings (SSSR count). The Hall–Kier alpha value is -6.62. The molecule has 0 amide bonds. The smallest absolute Gasteiger partial charge is 0.159 e. The average molecular weight is 683 g/mol. The van der Waals surface area contributed by atoms with Crippen molar-refractivity contribution >= 4 is 92.3 Å². The number of thiophene rings is 1. The number of hydrogen-bond donors (Lipinski definition) is 0. The highest BCUT2D eigenvalue weighted by atomic mass is 32.1. The number of nitrogens with zero attached hydrogens (tertiary/aromatic N) is 2. The Morgan fingerprint density at radius 2 is 1.10 bits per heavy atom. The Labute approximate surface area is 303 Å². The Morgan fingerprint density at radius 1 is 0.442 bits per heavy atom. The molecule has 244 valence electrons. The van der Waals surface area contributed by atoms with E-state index in [0.717, 1.165) is 55.8 Å². The molecule has 8 aromatic carbocycles. The van der Waals surface area contributed by atoms with E-state index in [2.05, 4.69) is 185 Å². The third-order valence-electron chi connectivity index (χ3n) is 10.4. The van der Waals surface area contributed by atoms with Gasteiger partial charge in [0.2, 0.25) is 0 Å². The quantitative estimate of drug-likeness (QED) is 0.180. The summed E-state index contributed by atoms with van der Waals surface area (Å²) in [6.45, 7) is 0. The molecule has 0 saturated carbocycles. The summed E-state index contributed by atoms with van der Waals surface area (Å²) >= 11 is 1.86. The second-order valence-electron chi connectivity index (χ2n) is 13.3. The van der Waals surface area contributed by atoms with Crippen LogP contribution in [0.15, 0.2) is 186 Å². The molecule has 0 aliphatic carbocycles. The van der Waals surface area contributed by atoms with Gasteiger partial charge in [0, 0.05) is 64.2 Å². The molecule has 0 unspecified atom stereocenters. The minimum absolute atomic E-state index is 0.863. The zero-order valence-electron chi connectivity index (χ0n) is 28.0. The first kappa shape index (κ1) is 29.1. The monoisotopic (exact) mass is 682 g/mol. The molecule has 0 spiro atoms. The van der Waals surface area contributed by atoms with Crippen molar-refractivity contribution < 1.29 is 4.42 Å². The predicted octanol–water partition coefficient (Wildman–Crippen LogP) is 14.2. The maximum atomic E-state index is 6.75. The largest absolute Gasteiger partial charge is 0.454 e.